The fraction of sp³-hybridized carbons (Fsp3) is 0.321. The van der Waals surface area contributed by atoms with Gasteiger partial charge in [-0.25, -0.2) is 17.6 Å². The first-order valence-corrected chi connectivity index (χ1v) is 14.2. The summed E-state index contributed by atoms with van der Waals surface area (Å²) >= 11 is 6.17. The minimum absolute atomic E-state index is 0.0177. The SMILES string of the molecule is CCS(=O)(=O)Cc1ccc(C(=O)c2ccc(F)cc2Cl)c(-c2cn(C)c(=O)cc2OC(=O)N(C)C(C)(C)C)c1. The van der Waals surface area contributed by atoms with Crippen molar-refractivity contribution in [3.05, 3.63) is 86.5 Å². The summed E-state index contributed by atoms with van der Waals surface area (Å²) in [5.74, 6) is -1.69. The summed E-state index contributed by atoms with van der Waals surface area (Å²) in [6, 6.07) is 8.93. The highest BCUT2D eigenvalue weighted by Gasteiger charge is 2.27. The van der Waals surface area contributed by atoms with E-state index in [0.717, 1.165) is 18.2 Å². The standard InChI is InChI=1S/C28H30ClFN2O6S/c1-7-39(36,37)16-17-8-10-19(26(34)20-11-9-18(30)13-23(20)29)21(12-17)22-15-31(5)25(33)14-24(22)38-27(35)32(6)28(2,3)4/h8-15H,7,16H2,1-6H3. The van der Waals surface area contributed by atoms with Crippen LogP contribution in [0.2, 0.25) is 5.02 Å². The molecule has 1 amide bonds. The molecule has 0 aliphatic heterocycles. The molecule has 3 rings (SSSR count). The average Bonchev–Trinajstić information content (AvgIpc) is 2.84. The van der Waals surface area contributed by atoms with Gasteiger partial charge in [0.25, 0.3) is 5.56 Å². The van der Waals surface area contributed by atoms with Gasteiger partial charge in [-0.2, -0.15) is 0 Å². The molecule has 0 radical (unpaired) electrons. The number of carbonyl (C=O) groups is 2. The van der Waals surface area contributed by atoms with Crippen LogP contribution in [0.15, 0.2) is 53.5 Å². The van der Waals surface area contributed by atoms with Crippen LogP contribution in [0.25, 0.3) is 11.1 Å². The first-order chi connectivity index (χ1) is 18.0. The van der Waals surface area contributed by atoms with E-state index in [4.69, 9.17) is 16.3 Å². The minimum atomic E-state index is -3.43. The number of hydrogen-bond donors (Lipinski definition) is 0. The molecule has 0 saturated heterocycles. The lowest BCUT2D eigenvalue weighted by Gasteiger charge is -2.31. The van der Waals surface area contributed by atoms with Crippen molar-refractivity contribution in [2.75, 3.05) is 12.8 Å². The van der Waals surface area contributed by atoms with Crippen molar-refractivity contribution in [2.45, 2.75) is 39.0 Å². The Balaban J connectivity index is 2.28. The number of aryl methyl sites for hydroxylation is 1. The van der Waals surface area contributed by atoms with E-state index in [1.165, 1.54) is 53.9 Å². The first kappa shape index (κ1) is 30.0. The third kappa shape index (κ3) is 6.93. The van der Waals surface area contributed by atoms with Gasteiger partial charge in [-0.3, -0.25) is 9.59 Å². The lowest BCUT2D eigenvalue weighted by molar-refractivity contribution is 0.103. The largest absolute Gasteiger partial charge is 0.415 e. The molecule has 1 heterocycles. The highest BCUT2D eigenvalue weighted by atomic mass is 35.5. The molecule has 0 bridgehead atoms. The van der Waals surface area contributed by atoms with Crippen LogP contribution in [0.5, 0.6) is 5.75 Å². The molecule has 39 heavy (non-hydrogen) atoms. The van der Waals surface area contributed by atoms with Crippen LogP contribution < -0.4 is 10.3 Å². The van der Waals surface area contributed by atoms with E-state index >= 15 is 0 Å². The molecule has 8 nitrogen and oxygen atoms in total. The highest BCUT2D eigenvalue weighted by Crippen LogP contribution is 2.35. The maximum Gasteiger partial charge on any atom is 0.415 e. The number of ether oxygens (including phenoxy) is 1. The van der Waals surface area contributed by atoms with E-state index in [1.807, 2.05) is 0 Å². The summed E-state index contributed by atoms with van der Waals surface area (Å²) in [5.41, 5.74) is -0.173. The molecule has 1 aromatic heterocycles. The summed E-state index contributed by atoms with van der Waals surface area (Å²) in [7, 11) is -0.400. The monoisotopic (exact) mass is 576 g/mol. The van der Waals surface area contributed by atoms with E-state index in [0.29, 0.717) is 5.56 Å². The maximum absolute atomic E-state index is 13.7. The third-order valence-corrected chi connectivity index (χ3v) is 8.25. The molecule has 0 aliphatic rings. The van der Waals surface area contributed by atoms with Gasteiger partial charge in [0, 0.05) is 54.3 Å². The van der Waals surface area contributed by atoms with Gasteiger partial charge >= 0.3 is 6.09 Å². The summed E-state index contributed by atoms with van der Waals surface area (Å²) in [5, 5.41) is -0.109. The smallest absolute Gasteiger partial charge is 0.409 e. The molecular weight excluding hydrogens is 547 g/mol. The normalized spacial score (nSPS) is 11.8. The topological polar surface area (TPSA) is 103 Å². The van der Waals surface area contributed by atoms with Crippen LogP contribution >= 0.6 is 11.6 Å². The van der Waals surface area contributed by atoms with E-state index in [1.54, 1.807) is 27.8 Å². The van der Waals surface area contributed by atoms with Crippen LogP contribution in [-0.2, 0) is 22.6 Å². The number of halogens is 2. The number of sulfone groups is 1. The Morgan fingerprint density at radius 3 is 2.28 bits per heavy atom. The molecule has 2 aromatic carbocycles. The van der Waals surface area contributed by atoms with E-state index in [-0.39, 0.29) is 44.5 Å². The minimum Gasteiger partial charge on any atom is -0.409 e. The zero-order valence-electron chi connectivity index (χ0n) is 22.5. The van der Waals surface area contributed by atoms with Crippen molar-refractivity contribution in [3.63, 3.8) is 0 Å². The van der Waals surface area contributed by atoms with Crippen molar-refractivity contribution in [3.8, 4) is 16.9 Å². The molecule has 0 fully saturated rings. The number of benzene rings is 2. The summed E-state index contributed by atoms with van der Waals surface area (Å²) < 4.78 is 45.3. The number of pyridine rings is 1. The average molecular weight is 577 g/mol. The molecule has 0 atom stereocenters. The molecule has 11 heteroatoms. The Morgan fingerprint density at radius 1 is 1.05 bits per heavy atom. The number of rotatable bonds is 7. The number of ketones is 1. The van der Waals surface area contributed by atoms with Crippen molar-refractivity contribution in [1.82, 2.24) is 9.47 Å². The second-order valence-corrected chi connectivity index (χ2v) is 12.9. The lowest BCUT2D eigenvalue weighted by atomic mass is 9.92. The molecule has 0 aliphatic carbocycles. The molecule has 0 unspecified atom stereocenters. The Labute approximate surface area is 231 Å². The zero-order chi connectivity index (χ0) is 29.3. The fourth-order valence-electron chi connectivity index (χ4n) is 3.61. The van der Waals surface area contributed by atoms with Crippen LogP contribution in [0.4, 0.5) is 9.18 Å². The number of amides is 1. The molecule has 0 N–H and O–H groups in total. The second kappa shape index (κ2) is 11.3. The second-order valence-electron chi connectivity index (χ2n) is 10.1. The molecule has 3 aromatic rings. The molecule has 0 saturated carbocycles. The van der Waals surface area contributed by atoms with Crippen molar-refractivity contribution in [1.29, 1.82) is 0 Å². The maximum atomic E-state index is 13.7. The highest BCUT2D eigenvalue weighted by molar-refractivity contribution is 7.90. The Bertz CT molecular complexity index is 1610. The van der Waals surface area contributed by atoms with Gasteiger partial charge in [0.15, 0.2) is 15.6 Å². The van der Waals surface area contributed by atoms with Gasteiger partial charge in [0.05, 0.1) is 10.8 Å². The lowest BCUT2D eigenvalue weighted by Crippen LogP contribution is -2.44. The van der Waals surface area contributed by atoms with Gasteiger partial charge in [-0.15, -0.1) is 0 Å². The Kier molecular flexibility index (Phi) is 8.72. The Hall–Kier alpha value is -3.50. The van der Waals surface area contributed by atoms with Crippen molar-refractivity contribution in [2.24, 2.45) is 7.05 Å². The first-order valence-electron chi connectivity index (χ1n) is 12.0. The van der Waals surface area contributed by atoms with Crippen LogP contribution in [0.3, 0.4) is 0 Å². The van der Waals surface area contributed by atoms with Crippen LogP contribution in [0, 0.1) is 5.82 Å². The molecule has 0 spiro atoms. The van der Waals surface area contributed by atoms with E-state index in [2.05, 4.69) is 0 Å². The summed E-state index contributed by atoms with van der Waals surface area (Å²) in [6.07, 6.45) is 0.662. The number of aromatic nitrogens is 1. The van der Waals surface area contributed by atoms with Gasteiger partial charge in [0.2, 0.25) is 0 Å². The number of nitrogens with zero attached hydrogens (tertiary/aromatic N) is 2. The van der Waals surface area contributed by atoms with Gasteiger partial charge in [-0.1, -0.05) is 30.7 Å². The van der Waals surface area contributed by atoms with Crippen LogP contribution in [0.1, 0.15) is 49.2 Å². The number of hydrogen-bond acceptors (Lipinski definition) is 6. The molecule has 208 valence electrons. The molecular formula is C28H30ClFN2O6S. The van der Waals surface area contributed by atoms with E-state index < -0.39 is 38.6 Å². The van der Waals surface area contributed by atoms with Gasteiger partial charge in [0.1, 0.15) is 11.6 Å². The summed E-state index contributed by atoms with van der Waals surface area (Å²) in [6.45, 7) is 6.95. The third-order valence-electron chi connectivity index (χ3n) is 6.29. The Morgan fingerprint density at radius 2 is 1.69 bits per heavy atom. The van der Waals surface area contributed by atoms with E-state index in [9.17, 15) is 27.2 Å². The van der Waals surface area contributed by atoms with Crippen molar-refractivity contribution >= 4 is 33.3 Å². The predicted molar refractivity (Wildman–Crippen MR) is 149 cm³/mol. The van der Waals surface area contributed by atoms with Crippen LogP contribution in [-0.4, -0.2) is 48.1 Å². The number of carbonyl (C=O) groups excluding carboxylic acids is 2. The quantitative estimate of drug-likeness (QED) is 0.356. The summed E-state index contributed by atoms with van der Waals surface area (Å²) in [4.78, 5) is 40.5. The van der Waals surface area contributed by atoms with Gasteiger partial charge in [-0.05, 0) is 56.2 Å². The van der Waals surface area contributed by atoms with Crippen molar-refractivity contribution < 1.29 is 27.1 Å². The van der Waals surface area contributed by atoms with Gasteiger partial charge < -0.3 is 14.2 Å². The fourth-order valence-corrected chi connectivity index (χ4v) is 4.76. The predicted octanol–water partition coefficient (Wildman–Crippen LogP) is 5.24. The zero-order valence-corrected chi connectivity index (χ0v) is 24.1.